The van der Waals surface area contributed by atoms with E-state index in [4.69, 9.17) is 14.2 Å². The Kier molecular flexibility index (Phi) is 7.75. The summed E-state index contributed by atoms with van der Waals surface area (Å²) >= 11 is 0. The number of methoxy groups -OCH3 is 1. The Morgan fingerprint density at radius 1 is 0.706 bits per heavy atom. The Morgan fingerprint density at radius 2 is 1.32 bits per heavy atom. The Morgan fingerprint density at radius 3 is 2.00 bits per heavy atom. The van der Waals surface area contributed by atoms with Crippen molar-refractivity contribution < 1.29 is 19.0 Å². The third kappa shape index (κ3) is 6.14. The number of hydrogen-bond acceptors (Lipinski definition) is 4. The molecule has 4 nitrogen and oxygen atoms in total. The number of para-hydroxylation sites is 1. The number of benzene rings is 4. The summed E-state index contributed by atoms with van der Waals surface area (Å²) in [5.41, 5.74) is 3.37. The zero-order chi connectivity index (χ0) is 23.6. The minimum Gasteiger partial charge on any atom is -0.496 e. The lowest BCUT2D eigenvalue weighted by Gasteiger charge is -2.13. The van der Waals surface area contributed by atoms with Gasteiger partial charge in [-0.1, -0.05) is 78.9 Å². The number of carbonyl (C=O) groups excluding carboxylic acids is 1. The predicted octanol–water partition coefficient (Wildman–Crippen LogP) is 6.75. The highest BCUT2D eigenvalue weighted by Gasteiger charge is 2.13. The van der Waals surface area contributed by atoms with Gasteiger partial charge in [0.15, 0.2) is 5.78 Å². The molecule has 0 saturated carbocycles. The molecule has 0 aliphatic heterocycles. The van der Waals surface area contributed by atoms with E-state index in [0.29, 0.717) is 36.0 Å². The summed E-state index contributed by atoms with van der Waals surface area (Å²) < 4.78 is 17.4. The fraction of sp³-hybridized carbons (Fsp3) is 0.100. The number of hydrogen-bond donors (Lipinski definition) is 0. The zero-order valence-corrected chi connectivity index (χ0v) is 19.0. The van der Waals surface area contributed by atoms with E-state index in [2.05, 4.69) is 0 Å². The van der Waals surface area contributed by atoms with Gasteiger partial charge in [0.25, 0.3) is 0 Å². The van der Waals surface area contributed by atoms with Crippen molar-refractivity contribution in [3.05, 3.63) is 131 Å². The van der Waals surface area contributed by atoms with E-state index >= 15 is 0 Å². The van der Waals surface area contributed by atoms with E-state index in [0.717, 1.165) is 16.7 Å². The molecule has 34 heavy (non-hydrogen) atoms. The SMILES string of the molecule is COc1ccccc1C=CC(=O)c1ccc(OCc2ccccc2)cc1OCc1ccccc1. The molecule has 0 bridgehead atoms. The summed E-state index contributed by atoms with van der Waals surface area (Å²) in [5.74, 6) is 1.65. The molecule has 4 aromatic carbocycles. The van der Waals surface area contributed by atoms with Gasteiger partial charge in [-0.2, -0.15) is 0 Å². The van der Waals surface area contributed by atoms with Crippen LogP contribution in [0.3, 0.4) is 0 Å². The Bertz CT molecular complexity index is 1250. The van der Waals surface area contributed by atoms with Crippen molar-refractivity contribution in [3.8, 4) is 17.2 Å². The fourth-order valence-corrected chi connectivity index (χ4v) is 3.45. The zero-order valence-electron chi connectivity index (χ0n) is 19.0. The lowest BCUT2D eigenvalue weighted by molar-refractivity contribution is 0.104. The van der Waals surface area contributed by atoms with Gasteiger partial charge >= 0.3 is 0 Å². The van der Waals surface area contributed by atoms with Gasteiger partial charge in [0.1, 0.15) is 30.5 Å². The molecule has 4 rings (SSSR count). The van der Waals surface area contributed by atoms with Crippen molar-refractivity contribution >= 4 is 11.9 Å². The maximum Gasteiger partial charge on any atom is 0.189 e. The maximum atomic E-state index is 13.1. The highest BCUT2D eigenvalue weighted by atomic mass is 16.5. The highest BCUT2D eigenvalue weighted by molar-refractivity contribution is 6.08. The van der Waals surface area contributed by atoms with Crippen molar-refractivity contribution in [2.75, 3.05) is 7.11 Å². The molecule has 0 aliphatic carbocycles. The molecule has 4 heteroatoms. The van der Waals surface area contributed by atoms with Gasteiger partial charge in [-0.15, -0.1) is 0 Å². The van der Waals surface area contributed by atoms with Crippen LogP contribution in [0.5, 0.6) is 17.2 Å². The average Bonchev–Trinajstić information content (AvgIpc) is 2.90. The third-order valence-electron chi connectivity index (χ3n) is 5.26. The Balaban J connectivity index is 1.56. The molecule has 170 valence electrons. The van der Waals surface area contributed by atoms with Crippen LogP contribution >= 0.6 is 0 Å². The first-order valence-corrected chi connectivity index (χ1v) is 11.1. The lowest BCUT2D eigenvalue weighted by Crippen LogP contribution is -2.04. The van der Waals surface area contributed by atoms with Gasteiger partial charge in [0.2, 0.25) is 0 Å². The summed E-state index contributed by atoms with van der Waals surface area (Å²) in [4.78, 5) is 13.1. The molecule has 0 radical (unpaired) electrons. The molecule has 0 aliphatic rings. The van der Waals surface area contributed by atoms with Gasteiger partial charge in [-0.3, -0.25) is 4.79 Å². The monoisotopic (exact) mass is 450 g/mol. The second kappa shape index (κ2) is 11.5. The summed E-state index contributed by atoms with van der Waals surface area (Å²) in [6.07, 6.45) is 3.29. The first kappa shape index (κ1) is 22.9. The van der Waals surface area contributed by atoms with Crippen LogP contribution in [0.4, 0.5) is 0 Å². The molecular formula is C30H26O4. The van der Waals surface area contributed by atoms with Gasteiger partial charge < -0.3 is 14.2 Å². The molecule has 0 unspecified atom stereocenters. The first-order valence-electron chi connectivity index (χ1n) is 11.1. The Labute approximate surface area is 200 Å². The van der Waals surface area contributed by atoms with Crippen LogP contribution in [-0.4, -0.2) is 12.9 Å². The first-order chi connectivity index (χ1) is 16.7. The van der Waals surface area contributed by atoms with Crippen LogP contribution in [0, 0.1) is 0 Å². The van der Waals surface area contributed by atoms with Crippen LogP contribution < -0.4 is 14.2 Å². The summed E-state index contributed by atoms with van der Waals surface area (Å²) in [5, 5.41) is 0. The molecule has 0 fully saturated rings. The maximum absolute atomic E-state index is 13.1. The lowest BCUT2D eigenvalue weighted by atomic mass is 10.1. The second-order valence-corrected chi connectivity index (χ2v) is 7.65. The minimum atomic E-state index is -0.163. The molecule has 0 N–H and O–H groups in total. The normalized spacial score (nSPS) is 10.7. The van der Waals surface area contributed by atoms with E-state index in [-0.39, 0.29) is 5.78 Å². The third-order valence-corrected chi connectivity index (χ3v) is 5.26. The minimum absolute atomic E-state index is 0.163. The number of rotatable bonds is 10. The second-order valence-electron chi connectivity index (χ2n) is 7.65. The van der Waals surface area contributed by atoms with Gasteiger partial charge in [-0.05, 0) is 41.5 Å². The summed E-state index contributed by atoms with van der Waals surface area (Å²) in [7, 11) is 1.61. The topological polar surface area (TPSA) is 44.8 Å². The summed E-state index contributed by atoms with van der Waals surface area (Å²) in [6, 6.07) is 32.6. The van der Waals surface area contributed by atoms with E-state index < -0.39 is 0 Å². The Hall–Kier alpha value is -4.31. The van der Waals surface area contributed by atoms with Crippen LogP contribution in [-0.2, 0) is 13.2 Å². The predicted molar refractivity (Wildman–Crippen MR) is 134 cm³/mol. The van der Waals surface area contributed by atoms with Gasteiger partial charge in [0.05, 0.1) is 12.7 Å². The molecule has 0 amide bonds. The van der Waals surface area contributed by atoms with Crippen molar-refractivity contribution in [3.63, 3.8) is 0 Å². The van der Waals surface area contributed by atoms with Crippen LogP contribution in [0.1, 0.15) is 27.0 Å². The number of allylic oxidation sites excluding steroid dienone is 1. The molecule has 0 spiro atoms. The van der Waals surface area contributed by atoms with E-state index in [9.17, 15) is 4.79 Å². The molecule has 0 atom stereocenters. The fourth-order valence-electron chi connectivity index (χ4n) is 3.45. The average molecular weight is 451 g/mol. The standard InChI is InChI=1S/C30H26O4/c1-32-29-15-9-8-14-25(29)16-19-28(31)27-18-17-26(33-21-23-10-4-2-5-11-23)20-30(27)34-22-24-12-6-3-7-13-24/h2-20H,21-22H2,1H3. The molecule has 0 heterocycles. The quantitative estimate of drug-likeness (QED) is 0.198. The van der Waals surface area contributed by atoms with Crippen molar-refractivity contribution in [2.24, 2.45) is 0 Å². The van der Waals surface area contributed by atoms with Crippen molar-refractivity contribution in [2.45, 2.75) is 13.2 Å². The van der Waals surface area contributed by atoms with Crippen molar-refractivity contribution in [1.82, 2.24) is 0 Å². The molecular weight excluding hydrogens is 424 g/mol. The van der Waals surface area contributed by atoms with E-state index in [1.165, 1.54) is 6.08 Å². The van der Waals surface area contributed by atoms with Gasteiger partial charge in [0, 0.05) is 11.6 Å². The molecule has 4 aromatic rings. The largest absolute Gasteiger partial charge is 0.496 e. The molecule has 0 saturated heterocycles. The van der Waals surface area contributed by atoms with Crippen molar-refractivity contribution in [1.29, 1.82) is 0 Å². The summed E-state index contributed by atoms with van der Waals surface area (Å²) in [6.45, 7) is 0.777. The highest BCUT2D eigenvalue weighted by Crippen LogP contribution is 2.28. The van der Waals surface area contributed by atoms with E-state index in [1.54, 1.807) is 31.4 Å². The number of ketones is 1. The van der Waals surface area contributed by atoms with E-state index in [1.807, 2.05) is 84.9 Å². The number of carbonyl (C=O) groups is 1. The van der Waals surface area contributed by atoms with Crippen LogP contribution in [0.15, 0.2) is 109 Å². The molecule has 0 aromatic heterocycles. The van der Waals surface area contributed by atoms with Crippen LogP contribution in [0.2, 0.25) is 0 Å². The van der Waals surface area contributed by atoms with Gasteiger partial charge in [-0.25, -0.2) is 0 Å². The number of ether oxygens (including phenoxy) is 3. The smallest absolute Gasteiger partial charge is 0.189 e. The van der Waals surface area contributed by atoms with Crippen LogP contribution in [0.25, 0.3) is 6.08 Å².